The third kappa shape index (κ3) is 3.64. The van der Waals surface area contributed by atoms with Crippen molar-refractivity contribution in [2.75, 3.05) is 33.2 Å². The SMILES string of the molecule is CN1CCN(S(=O)(=O)c2cccc(-c3nc(-c4ccccc4)no3)c2)CC1. The number of piperazine rings is 1. The summed E-state index contributed by atoms with van der Waals surface area (Å²) in [5, 5.41) is 4.00. The first-order valence-corrected chi connectivity index (χ1v) is 10.2. The predicted molar refractivity (Wildman–Crippen MR) is 101 cm³/mol. The van der Waals surface area contributed by atoms with Crippen molar-refractivity contribution in [3.8, 4) is 22.8 Å². The third-order valence-electron chi connectivity index (χ3n) is 4.64. The van der Waals surface area contributed by atoms with E-state index in [1.165, 1.54) is 4.31 Å². The number of benzene rings is 2. The molecule has 2 heterocycles. The van der Waals surface area contributed by atoms with Crippen LogP contribution in [-0.2, 0) is 10.0 Å². The minimum atomic E-state index is -3.54. The van der Waals surface area contributed by atoms with E-state index in [-0.39, 0.29) is 4.90 Å². The Morgan fingerprint density at radius 2 is 1.63 bits per heavy atom. The minimum Gasteiger partial charge on any atom is -0.334 e. The summed E-state index contributed by atoms with van der Waals surface area (Å²) in [4.78, 5) is 6.76. The van der Waals surface area contributed by atoms with Crippen molar-refractivity contribution < 1.29 is 12.9 Å². The van der Waals surface area contributed by atoms with Crippen LogP contribution in [0.25, 0.3) is 22.8 Å². The van der Waals surface area contributed by atoms with E-state index in [0.717, 1.165) is 18.7 Å². The van der Waals surface area contributed by atoms with Crippen LogP contribution >= 0.6 is 0 Å². The van der Waals surface area contributed by atoms with Crippen molar-refractivity contribution in [2.45, 2.75) is 4.90 Å². The molecule has 0 radical (unpaired) electrons. The third-order valence-corrected chi connectivity index (χ3v) is 6.53. The molecule has 0 aliphatic carbocycles. The van der Waals surface area contributed by atoms with Gasteiger partial charge in [0.15, 0.2) is 0 Å². The zero-order valence-corrected chi connectivity index (χ0v) is 15.8. The maximum atomic E-state index is 12.9. The molecule has 0 bridgehead atoms. The van der Waals surface area contributed by atoms with Crippen molar-refractivity contribution in [3.05, 3.63) is 54.6 Å². The molecule has 1 aromatic heterocycles. The standard InChI is InChI=1S/C19H20N4O3S/c1-22-10-12-23(13-11-22)27(24,25)17-9-5-8-16(14-17)19-20-18(21-26-19)15-6-3-2-4-7-15/h2-9,14H,10-13H2,1H3. The Hall–Kier alpha value is -2.55. The second-order valence-corrected chi connectivity index (χ2v) is 8.46. The van der Waals surface area contributed by atoms with E-state index < -0.39 is 10.0 Å². The van der Waals surface area contributed by atoms with E-state index in [1.54, 1.807) is 24.3 Å². The van der Waals surface area contributed by atoms with Gasteiger partial charge in [-0.15, -0.1) is 0 Å². The highest BCUT2D eigenvalue weighted by atomic mass is 32.2. The first kappa shape index (κ1) is 17.8. The highest BCUT2D eigenvalue weighted by molar-refractivity contribution is 7.89. The van der Waals surface area contributed by atoms with E-state index in [1.807, 2.05) is 37.4 Å². The van der Waals surface area contributed by atoms with E-state index >= 15 is 0 Å². The number of hydrogen-bond donors (Lipinski definition) is 0. The van der Waals surface area contributed by atoms with Gasteiger partial charge in [0.1, 0.15) is 0 Å². The van der Waals surface area contributed by atoms with Crippen molar-refractivity contribution >= 4 is 10.0 Å². The zero-order chi connectivity index (χ0) is 18.9. The Labute approximate surface area is 158 Å². The largest absolute Gasteiger partial charge is 0.334 e. The Balaban J connectivity index is 1.62. The van der Waals surface area contributed by atoms with Gasteiger partial charge in [0, 0.05) is 37.3 Å². The summed E-state index contributed by atoms with van der Waals surface area (Å²) >= 11 is 0. The summed E-state index contributed by atoms with van der Waals surface area (Å²) in [6.45, 7) is 2.43. The molecule has 0 atom stereocenters. The number of hydrogen-bond acceptors (Lipinski definition) is 6. The van der Waals surface area contributed by atoms with Crippen LogP contribution in [0.1, 0.15) is 0 Å². The average Bonchev–Trinajstić information content (AvgIpc) is 3.19. The molecule has 1 aliphatic heterocycles. The molecule has 0 unspecified atom stereocenters. The van der Waals surface area contributed by atoms with Gasteiger partial charge >= 0.3 is 0 Å². The van der Waals surface area contributed by atoms with Gasteiger partial charge in [-0.1, -0.05) is 41.6 Å². The Morgan fingerprint density at radius 1 is 0.926 bits per heavy atom. The van der Waals surface area contributed by atoms with Crippen LogP contribution in [0.5, 0.6) is 0 Å². The normalized spacial score (nSPS) is 16.5. The van der Waals surface area contributed by atoms with Crippen LogP contribution < -0.4 is 0 Å². The van der Waals surface area contributed by atoms with Crippen molar-refractivity contribution in [1.29, 1.82) is 0 Å². The highest BCUT2D eigenvalue weighted by Crippen LogP contribution is 2.26. The fourth-order valence-electron chi connectivity index (χ4n) is 3.01. The van der Waals surface area contributed by atoms with Crippen molar-refractivity contribution in [2.24, 2.45) is 0 Å². The van der Waals surface area contributed by atoms with Crippen LogP contribution in [0.4, 0.5) is 0 Å². The van der Waals surface area contributed by atoms with E-state index in [2.05, 4.69) is 15.0 Å². The quantitative estimate of drug-likeness (QED) is 0.687. The van der Waals surface area contributed by atoms with Crippen LogP contribution in [-0.4, -0.2) is 61.0 Å². The maximum absolute atomic E-state index is 12.9. The van der Waals surface area contributed by atoms with E-state index in [4.69, 9.17) is 4.52 Å². The molecule has 0 amide bonds. The molecule has 8 heteroatoms. The average molecular weight is 384 g/mol. The number of sulfonamides is 1. The van der Waals surface area contributed by atoms with Gasteiger partial charge in [-0.2, -0.15) is 9.29 Å². The van der Waals surface area contributed by atoms with Crippen molar-refractivity contribution in [3.63, 3.8) is 0 Å². The number of rotatable bonds is 4. The molecule has 27 heavy (non-hydrogen) atoms. The molecule has 0 saturated carbocycles. The van der Waals surface area contributed by atoms with Gasteiger partial charge in [0.05, 0.1) is 4.90 Å². The fraction of sp³-hybridized carbons (Fsp3) is 0.263. The highest BCUT2D eigenvalue weighted by Gasteiger charge is 2.28. The molecule has 0 N–H and O–H groups in total. The zero-order valence-electron chi connectivity index (χ0n) is 14.9. The predicted octanol–water partition coefficient (Wildman–Crippen LogP) is 2.34. The summed E-state index contributed by atoms with van der Waals surface area (Å²) in [5.41, 5.74) is 1.42. The number of nitrogens with zero attached hydrogens (tertiary/aromatic N) is 4. The molecule has 1 aliphatic rings. The Kier molecular flexibility index (Phi) is 4.77. The molecule has 2 aromatic carbocycles. The number of likely N-dealkylation sites (N-methyl/N-ethyl adjacent to an activating group) is 1. The summed E-state index contributed by atoms with van der Waals surface area (Å²) in [6, 6.07) is 16.2. The lowest BCUT2D eigenvalue weighted by Crippen LogP contribution is -2.47. The van der Waals surface area contributed by atoms with Crippen LogP contribution in [0.15, 0.2) is 64.0 Å². The lowest BCUT2D eigenvalue weighted by atomic mass is 10.2. The molecule has 7 nitrogen and oxygen atoms in total. The fourth-order valence-corrected chi connectivity index (χ4v) is 4.48. The maximum Gasteiger partial charge on any atom is 0.258 e. The summed E-state index contributed by atoms with van der Waals surface area (Å²) < 4.78 is 32.8. The molecule has 1 saturated heterocycles. The van der Waals surface area contributed by atoms with Gasteiger partial charge in [0.2, 0.25) is 15.8 Å². The molecule has 0 spiro atoms. The van der Waals surface area contributed by atoms with Gasteiger partial charge in [-0.3, -0.25) is 0 Å². The topological polar surface area (TPSA) is 79.5 Å². The van der Waals surface area contributed by atoms with Gasteiger partial charge in [-0.05, 0) is 25.2 Å². The van der Waals surface area contributed by atoms with Crippen LogP contribution in [0.3, 0.4) is 0 Å². The monoisotopic (exact) mass is 384 g/mol. The summed E-state index contributed by atoms with van der Waals surface area (Å²) in [6.07, 6.45) is 0. The first-order chi connectivity index (χ1) is 13.0. The second kappa shape index (κ2) is 7.22. The number of aromatic nitrogens is 2. The van der Waals surface area contributed by atoms with Crippen molar-refractivity contribution in [1.82, 2.24) is 19.3 Å². The molecule has 3 aromatic rings. The molecule has 4 rings (SSSR count). The molecular weight excluding hydrogens is 364 g/mol. The molecule has 140 valence electrons. The summed E-state index contributed by atoms with van der Waals surface area (Å²) in [7, 11) is -1.55. The Bertz CT molecular complexity index is 1030. The second-order valence-electron chi connectivity index (χ2n) is 6.52. The van der Waals surface area contributed by atoms with E-state index in [0.29, 0.717) is 30.4 Å². The minimum absolute atomic E-state index is 0.240. The Morgan fingerprint density at radius 3 is 2.37 bits per heavy atom. The smallest absolute Gasteiger partial charge is 0.258 e. The van der Waals surface area contributed by atoms with Gasteiger partial charge in [0.25, 0.3) is 5.89 Å². The lowest BCUT2D eigenvalue weighted by molar-refractivity contribution is 0.222. The lowest BCUT2D eigenvalue weighted by Gasteiger charge is -2.31. The van der Waals surface area contributed by atoms with E-state index in [9.17, 15) is 8.42 Å². The first-order valence-electron chi connectivity index (χ1n) is 8.72. The van der Waals surface area contributed by atoms with Gasteiger partial charge in [-0.25, -0.2) is 8.42 Å². The summed E-state index contributed by atoms with van der Waals surface area (Å²) in [5.74, 6) is 0.766. The van der Waals surface area contributed by atoms with Gasteiger partial charge < -0.3 is 9.42 Å². The van der Waals surface area contributed by atoms with Crippen LogP contribution in [0, 0.1) is 0 Å². The van der Waals surface area contributed by atoms with Crippen LogP contribution in [0.2, 0.25) is 0 Å². The molecule has 1 fully saturated rings. The molecular formula is C19H20N4O3S.